The summed E-state index contributed by atoms with van der Waals surface area (Å²) in [5, 5.41) is 0. The zero-order valence-electron chi connectivity index (χ0n) is 10.5. The fourth-order valence-electron chi connectivity index (χ4n) is 1.62. The van der Waals surface area contributed by atoms with Gasteiger partial charge in [0.25, 0.3) is 5.91 Å². The van der Waals surface area contributed by atoms with Crippen LogP contribution in [0.4, 0.5) is 13.2 Å². The normalized spacial score (nSPS) is 11.5. The molecule has 4 N–H and O–H groups in total. The van der Waals surface area contributed by atoms with Crippen molar-refractivity contribution in [1.29, 1.82) is 0 Å². The Balaban J connectivity index is 3.35. The Morgan fingerprint density at radius 2 is 1.84 bits per heavy atom. The number of nitrogens with zero attached hydrogens (tertiary/aromatic N) is 1. The van der Waals surface area contributed by atoms with Gasteiger partial charge in [-0.15, -0.1) is 0 Å². The van der Waals surface area contributed by atoms with Gasteiger partial charge in [-0.1, -0.05) is 19.9 Å². The summed E-state index contributed by atoms with van der Waals surface area (Å²) in [7, 11) is 0. The Morgan fingerprint density at radius 3 is 2.26 bits per heavy atom. The van der Waals surface area contributed by atoms with Crippen LogP contribution in [-0.2, 0) is 6.18 Å². The van der Waals surface area contributed by atoms with Gasteiger partial charge >= 0.3 is 6.18 Å². The topological polar surface area (TPSA) is 81.5 Å². The predicted octanol–water partition coefficient (Wildman–Crippen LogP) is 2.24. The Kier molecular flexibility index (Phi) is 4.18. The van der Waals surface area contributed by atoms with E-state index in [1.54, 1.807) is 13.8 Å². The third-order valence-electron chi connectivity index (χ3n) is 2.46. The van der Waals surface area contributed by atoms with Crippen LogP contribution in [0.1, 0.15) is 41.3 Å². The SMILES string of the molecule is CC(C)c1ccc(C(=O)N=C(N)N)cc1C(F)(F)F. The molecule has 1 aromatic rings. The van der Waals surface area contributed by atoms with E-state index in [1.807, 2.05) is 0 Å². The van der Waals surface area contributed by atoms with Gasteiger partial charge in [0.05, 0.1) is 5.56 Å². The van der Waals surface area contributed by atoms with Crippen LogP contribution in [-0.4, -0.2) is 11.9 Å². The largest absolute Gasteiger partial charge is 0.416 e. The zero-order valence-corrected chi connectivity index (χ0v) is 10.5. The third-order valence-corrected chi connectivity index (χ3v) is 2.46. The molecule has 0 spiro atoms. The van der Waals surface area contributed by atoms with Crippen molar-refractivity contribution in [2.24, 2.45) is 16.5 Å². The lowest BCUT2D eigenvalue weighted by atomic mass is 9.95. The minimum Gasteiger partial charge on any atom is -0.370 e. The summed E-state index contributed by atoms with van der Waals surface area (Å²) in [5.74, 6) is -1.71. The second-order valence-electron chi connectivity index (χ2n) is 4.30. The molecule has 4 nitrogen and oxygen atoms in total. The third kappa shape index (κ3) is 3.70. The number of amides is 1. The van der Waals surface area contributed by atoms with Gasteiger partial charge in [-0.2, -0.15) is 18.2 Å². The van der Waals surface area contributed by atoms with Gasteiger partial charge in [0.15, 0.2) is 5.96 Å². The number of rotatable bonds is 2. The highest BCUT2D eigenvalue weighted by Crippen LogP contribution is 2.35. The molecule has 7 heteroatoms. The van der Waals surface area contributed by atoms with Gasteiger partial charge in [0, 0.05) is 5.56 Å². The summed E-state index contributed by atoms with van der Waals surface area (Å²) >= 11 is 0. The van der Waals surface area contributed by atoms with Crippen molar-refractivity contribution in [2.75, 3.05) is 0 Å². The summed E-state index contributed by atoms with van der Waals surface area (Å²) in [6, 6.07) is 3.31. The fourth-order valence-corrected chi connectivity index (χ4v) is 1.62. The van der Waals surface area contributed by atoms with E-state index in [1.165, 1.54) is 12.1 Å². The molecule has 0 unspecified atom stereocenters. The number of hydrogen-bond donors (Lipinski definition) is 2. The first-order valence-electron chi connectivity index (χ1n) is 5.48. The molecule has 104 valence electrons. The van der Waals surface area contributed by atoms with Gasteiger partial charge in [-0.3, -0.25) is 4.79 Å². The average molecular weight is 273 g/mol. The van der Waals surface area contributed by atoms with E-state index in [0.717, 1.165) is 6.07 Å². The monoisotopic (exact) mass is 273 g/mol. The van der Waals surface area contributed by atoms with Crippen LogP contribution in [0, 0.1) is 0 Å². The fraction of sp³-hybridized carbons (Fsp3) is 0.333. The number of nitrogens with two attached hydrogens (primary N) is 2. The van der Waals surface area contributed by atoms with Crippen molar-refractivity contribution in [2.45, 2.75) is 25.9 Å². The van der Waals surface area contributed by atoms with Crippen LogP contribution in [0.2, 0.25) is 0 Å². The first-order chi connectivity index (χ1) is 8.62. The molecular weight excluding hydrogens is 259 g/mol. The Bertz CT molecular complexity index is 517. The number of carbonyl (C=O) groups is 1. The summed E-state index contributed by atoms with van der Waals surface area (Å²) in [5.41, 5.74) is 9.10. The quantitative estimate of drug-likeness (QED) is 0.640. The first kappa shape index (κ1) is 15.0. The first-order valence-corrected chi connectivity index (χ1v) is 5.48. The van der Waals surface area contributed by atoms with Gasteiger partial charge in [0.2, 0.25) is 0 Å². The molecule has 1 rings (SSSR count). The van der Waals surface area contributed by atoms with Crippen molar-refractivity contribution >= 4 is 11.9 Å². The van der Waals surface area contributed by atoms with Crippen LogP contribution in [0.25, 0.3) is 0 Å². The molecule has 0 atom stereocenters. The zero-order chi connectivity index (χ0) is 14.8. The van der Waals surface area contributed by atoms with Crippen LogP contribution in [0.5, 0.6) is 0 Å². The van der Waals surface area contributed by atoms with Gasteiger partial charge in [-0.25, -0.2) is 0 Å². The second-order valence-corrected chi connectivity index (χ2v) is 4.30. The van der Waals surface area contributed by atoms with E-state index >= 15 is 0 Å². The molecule has 1 aromatic carbocycles. The molecule has 0 aliphatic rings. The number of halogens is 3. The molecule has 0 aromatic heterocycles. The Morgan fingerprint density at radius 1 is 1.26 bits per heavy atom. The lowest BCUT2D eigenvalue weighted by molar-refractivity contribution is -0.138. The van der Waals surface area contributed by atoms with Crippen LogP contribution in [0.3, 0.4) is 0 Å². The number of benzene rings is 1. The molecule has 19 heavy (non-hydrogen) atoms. The van der Waals surface area contributed by atoms with E-state index in [-0.39, 0.29) is 17.0 Å². The highest BCUT2D eigenvalue weighted by atomic mass is 19.4. The highest BCUT2D eigenvalue weighted by Gasteiger charge is 2.34. The minimum absolute atomic E-state index is 0.119. The number of guanidine groups is 1. The molecule has 0 fully saturated rings. The van der Waals surface area contributed by atoms with Crippen LogP contribution in [0.15, 0.2) is 23.2 Å². The van der Waals surface area contributed by atoms with Crippen LogP contribution < -0.4 is 11.5 Å². The van der Waals surface area contributed by atoms with Crippen molar-refractivity contribution < 1.29 is 18.0 Å². The summed E-state index contributed by atoms with van der Waals surface area (Å²) in [6.07, 6.45) is -4.53. The molecule has 0 saturated carbocycles. The molecule has 0 aliphatic carbocycles. The summed E-state index contributed by atoms with van der Waals surface area (Å²) in [4.78, 5) is 14.7. The Hall–Kier alpha value is -2.05. The maximum absolute atomic E-state index is 12.9. The molecular formula is C12H14F3N3O. The molecule has 0 bridgehead atoms. The number of aliphatic imine (C=N–C) groups is 1. The summed E-state index contributed by atoms with van der Waals surface area (Å²) in [6.45, 7) is 3.28. The number of hydrogen-bond acceptors (Lipinski definition) is 1. The van der Waals surface area contributed by atoms with Gasteiger partial charge < -0.3 is 11.5 Å². The predicted molar refractivity (Wildman–Crippen MR) is 65.7 cm³/mol. The lowest BCUT2D eigenvalue weighted by Gasteiger charge is -2.16. The van der Waals surface area contributed by atoms with Gasteiger partial charge in [0.1, 0.15) is 0 Å². The maximum atomic E-state index is 12.9. The van der Waals surface area contributed by atoms with E-state index < -0.39 is 23.6 Å². The molecule has 0 aliphatic heterocycles. The van der Waals surface area contributed by atoms with E-state index in [4.69, 9.17) is 11.5 Å². The lowest BCUT2D eigenvalue weighted by Crippen LogP contribution is -2.24. The van der Waals surface area contributed by atoms with Crippen molar-refractivity contribution in [3.8, 4) is 0 Å². The average Bonchev–Trinajstić information content (AvgIpc) is 2.25. The number of alkyl halides is 3. The van der Waals surface area contributed by atoms with E-state index in [0.29, 0.717) is 0 Å². The van der Waals surface area contributed by atoms with Gasteiger partial charge in [-0.05, 0) is 23.6 Å². The number of carbonyl (C=O) groups excluding carboxylic acids is 1. The molecule has 0 heterocycles. The van der Waals surface area contributed by atoms with E-state index in [9.17, 15) is 18.0 Å². The second kappa shape index (κ2) is 5.29. The highest BCUT2D eigenvalue weighted by molar-refractivity contribution is 6.02. The smallest absolute Gasteiger partial charge is 0.370 e. The van der Waals surface area contributed by atoms with Crippen molar-refractivity contribution in [3.05, 3.63) is 34.9 Å². The van der Waals surface area contributed by atoms with Crippen LogP contribution >= 0.6 is 0 Å². The minimum atomic E-state index is -4.53. The molecule has 1 amide bonds. The van der Waals surface area contributed by atoms with Crippen molar-refractivity contribution in [1.82, 2.24) is 0 Å². The maximum Gasteiger partial charge on any atom is 0.416 e. The van der Waals surface area contributed by atoms with E-state index in [2.05, 4.69) is 4.99 Å². The standard InChI is InChI=1S/C12H14F3N3O/c1-6(2)8-4-3-7(10(19)18-11(16)17)5-9(8)12(13,14)15/h3-6H,1-2H3,(H4,16,17,18,19). The Labute approximate surface area is 108 Å². The molecule has 0 saturated heterocycles. The van der Waals surface area contributed by atoms with Crippen molar-refractivity contribution in [3.63, 3.8) is 0 Å². The molecule has 0 radical (unpaired) electrons. The summed E-state index contributed by atoms with van der Waals surface area (Å²) < 4.78 is 38.8.